The van der Waals surface area contributed by atoms with Crippen LogP contribution in [0.4, 0.5) is 38.5 Å². The fourth-order valence-corrected chi connectivity index (χ4v) is 4.14. The summed E-state index contributed by atoms with van der Waals surface area (Å²) in [5, 5.41) is 6.92. The molecule has 4 rings (SSSR count). The first-order valence-corrected chi connectivity index (χ1v) is 12.7. The molecule has 1 heterocycles. The molecule has 1 atom stereocenters. The van der Waals surface area contributed by atoms with Gasteiger partial charge in [-0.2, -0.15) is 13.2 Å². The molecule has 0 aliphatic carbocycles. The number of benzene rings is 3. The number of fused-ring (bicyclic) bond motifs is 1. The molecule has 0 bridgehead atoms. The topological polar surface area (TPSA) is 114 Å². The molecule has 0 fully saturated rings. The van der Waals surface area contributed by atoms with Crippen LogP contribution in [0, 0.1) is 5.82 Å². The van der Waals surface area contributed by atoms with E-state index in [1.165, 1.54) is 48.5 Å². The third-order valence-electron chi connectivity index (χ3n) is 5.84. The van der Waals surface area contributed by atoms with Gasteiger partial charge in [-0.25, -0.2) is 19.0 Å². The van der Waals surface area contributed by atoms with Crippen molar-refractivity contribution in [2.45, 2.75) is 45.5 Å². The van der Waals surface area contributed by atoms with E-state index in [0.717, 1.165) is 22.8 Å². The van der Waals surface area contributed by atoms with E-state index < -0.39 is 52.6 Å². The summed E-state index contributed by atoms with van der Waals surface area (Å²) in [7, 11) is 0. The molecule has 0 saturated heterocycles. The Morgan fingerprint density at radius 1 is 0.952 bits per heavy atom. The molecule has 3 aromatic carbocycles. The number of carbonyl (C=O) groups excluding carboxylic acids is 2. The number of nitrogens with one attached hydrogen (secondary N) is 3. The summed E-state index contributed by atoms with van der Waals surface area (Å²) in [5.41, 5.74) is -2.76. The zero-order valence-electron chi connectivity index (χ0n) is 23.0. The third kappa shape index (κ3) is 6.85. The lowest BCUT2D eigenvalue weighted by Gasteiger charge is -2.23. The second-order valence-corrected chi connectivity index (χ2v) is 10.3. The van der Waals surface area contributed by atoms with E-state index >= 15 is 0 Å². The lowest BCUT2D eigenvalue weighted by Crippen LogP contribution is -2.37. The molecule has 0 radical (unpaired) electrons. The first-order valence-electron chi connectivity index (χ1n) is 12.7. The molecule has 0 spiro atoms. The van der Waals surface area contributed by atoms with E-state index in [1.54, 1.807) is 27.7 Å². The quantitative estimate of drug-likeness (QED) is 0.224. The Morgan fingerprint density at radius 3 is 2.33 bits per heavy atom. The summed E-state index contributed by atoms with van der Waals surface area (Å²) >= 11 is 0. The lowest BCUT2D eigenvalue weighted by molar-refractivity contribution is -0.136. The highest BCUT2D eigenvalue weighted by Crippen LogP contribution is 2.34. The minimum Gasteiger partial charge on any atom is -0.444 e. The van der Waals surface area contributed by atoms with Crippen LogP contribution in [0.15, 0.2) is 71.5 Å². The Kier molecular flexibility index (Phi) is 8.23. The average Bonchev–Trinajstić information content (AvgIpc) is 2.87. The van der Waals surface area contributed by atoms with Crippen LogP contribution in [0.3, 0.4) is 0 Å². The number of halogens is 4. The van der Waals surface area contributed by atoms with Crippen LogP contribution >= 0.6 is 0 Å². The zero-order chi connectivity index (χ0) is 30.8. The monoisotopic (exact) mass is 585 g/mol. The Bertz CT molecular complexity index is 1710. The molecule has 0 saturated carbocycles. The molecule has 0 aliphatic rings. The second kappa shape index (κ2) is 11.5. The predicted octanol–water partition coefficient (Wildman–Crippen LogP) is 6.77. The highest BCUT2D eigenvalue weighted by atomic mass is 19.4. The van der Waals surface area contributed by atoms with Gasteiger partial charge in [0.2, 0.25) is 0 Å². The predicted molar refractivity (Wildman–Crippen MR) is 149 cm³/mol. The van der Waals surface area contributed by atoms with Gasteiger partial charge in [0.05, 0.1) is 28.5 Å². The van der Waals surface area contributed by atoms with Crippen molar-refractivity contribution in [2.75, 3.05) is 10.6 Å². The summed E-state index contributed by atoms with van der Waals surface area (Å²) in [4.78, 5) is 43.2. The Labute approximate surface area is 237 Å². The summed E-state index contributed by atoms with van der Waals surface area (Å²) in [6.45, 7) is 6.60. The van der Waals surface area contributed by atoms with Crippen LogP contribution in [0.1, 0.15) is 45.1 Å². The van der Waals surface area contributed by atoms with E-state index in [2.05, 4.69) is 20.9 Å². The van der Waals surface area contributed by atoms with Crippen molar-refractivity contribution in [1.82, 2.24) is 14.9 Å². The van der Waals surface area contributed by atoms with Crippen molar-refractivity contribution < 1.29 is 31.9 Å². The van der Waals surface area contributed by atoms with Gasteiger partial charge >= 0.3 is 18.3 Å². The number of para-hydroxylation sites is 1. The Morgan fingerprint density at radius 2 is 1.64 bits per heavy atom. The molecule has 3 N–H and O–H groups in total. The number of ether oxygens (including phenoxy) is 1. The second-order valence-electron chi connectivity index (χ2n) is 10.3. The van der Waals surface area contributed by atoms with Crippen LogP contribution in [-0.2, 0) is 10.9 Å². The number of hydrogen-bond donors (Lipinski definition) is 3. The Hall–Kier alpha value is -4.94. The highest BCUT2D eigenvalue weighted by molar-refractivity contribution is 6.00. The molecule has 4 aromatic rings. The molecule has 220 valence electrons. The van der Waals surface area contributed by atoms with E-state index in [1.807, 2.05) is 0 Å². The lowest BCUT2D eigenvalue weighted by atomic mass is 10.1. The average molecular weight is 586 g/mol. The van der Waals surface area contributed by atoms with Gasteiger partial charge in [0.15, 0.2) is 0 Å². The molecule has 13 heteroatoms. The molecule has 0 aliphatic heterocycles. The number of carbonyl (C=O) groups is 2. The first kappa shape index (κ1) is 30.0. The van der Waals surface area contributed by atoms with E-state index in [4.69, 9.17) is 4.74 Å². The normalized spacial score (nSPS) is 12.5. The van der Waals surface area contributed by atoms with Gasteiger partial charge in [-0.1, -0.05) is 24.3 Å². The molecule has 0 unspecified atom stereocenters. The fraction of sp³-hybridized carbons (Fsp3) is 0.241. The number of alkyl carbamates (subject to hydrolysis) is 1. The maximum Gasteiger partial charge on any atom is 0.418 e. The summed E-state index contributed by atoms with van der Waals surface area (Å²) in [6, 6.07) is 12.3. The smallest absolute Gasteiger partial charge is 0.418 e. The van der Waals surface area contributed by atoms with Crippen LogP contribution in [0.2, 0.25) is 0 Å². The molecule has 1 aromatic heterocycles. The molecular weight excluding hydrogens is 558 g/mol. The van der Waals surface area contributed by atoms with Crippen LogP contribution < -0.4 is 21.5 Å². The van der Waals surface area contributed by atoms with E-state index in [0.29, 0.717) is 0 Å². The minimum atomic E-state index is -4.69. The number of rotatable bonds is 5. The number of anilines is 2. The van der Waals surface area contributed by atoms with Crippen molar-refractivity contribution in [3.63, 3.8) is 0 Å². The largest absolute Gasteiger partial charge is 0.444 e. The summed E-state index contributed by atoms with van der Waals surface area (Å²) < 4.78 is 61.1. The van der Waals surface area contributed by atoms with Gasteiger partial charge in [-0.3, -0.25) is 9.36 Å². The van der Waals surface area contributed by atoms with Gasteiger partial charge in [-0.15, -0.1) is 0 Å². The van der Waals surface area contributed by atoms with Gasteiger partial charge in [0.25, 0.3) is 5.56 Å². The highest BCUT2D eigenvalue weighted by Gasteiger charge is 2.33. The number of amides is 3. The standard InChI is InChI=1S/C29H27F4N5O4/c1-16(34-27(41)42-28(2,3)4)24-36-22-14-8-12-20(30)23(22)25(39)38(24)18-10-7-9-17(15-18)35-26(40)37-21-13-6-5-11-19(21)29(31,32)33/h5-16H,1-4H3,(H,34,41)(H2,35,37,40)/t16-/m0/s1. The number of alkyl halides is 3. The van der Waals surface area contributed by atoms with Gasteiger partial charge in [-0.05, 0) is 70.2 Å². The van der Waals surface area contributed by atoms with Crippen molar-refractivity contribution in [3.05, 3.63) is 94.3 Å². The first-order chi connectivity index (χ1) is 19.6. The van der Waals surface area contributed by atoms with Crippen LogP contribution in [0.25, 0.3) is 16.6 Å². The van der Waals surface area contributed by atoms with Crippen LogP contribution in [-0.4, -0.2) is 27.3 Å². The Balaban J connectivity index is 1.72. The van der Waals surface area contributed by atoms with Crippen molar-refractivity contribution in [3.8, 4) is 5.69 Å². The number of hydrogen-bond acceptors (Lipinski definition) is 5. The van der Waals surface area contributed by atoms with Crippen molar-refractivity contribution in [1.29, 1.82) is 0 Å². The van der Waals surface area contributed by atoms with Gasteiger partial charge in [0.1, 0.15) is 22.6 Å². The van der Waals surface area contributed by atoms with E-state index in [9.17, 15) is 31.9 Å². The minimum absolute atomic E-state index is 0.0321. The maximum absolute atomic E-state index is 14.8. The molecule has 9 nitrogen and oxygen atoms in total. The third-order valence-corrected chi connectivity index (χ3v) is 5.84. The maximum atomic E-state index is 14.8. The summed E-state index contributed by atoms with van der Waals surface area (Å²) in [5.74, 6) is -0.778. The zero-order valence-corrected chi connectivity index (χ0v) is 23.0. The number of nitrogens with zero attached hydrogens (tertiary/aromatic N) is 2. The molecular formula is C29H27F4N5O4. The van der Waals surface area contributed by atoms with Crippen molar-refractivity contribution >= 4 is 34.4 Å². The van der Waals surface area contributed by atoms with Gasteiger partial charge in [0, 0.05) is 5.69 Å². The van der Waals surface area contributed by atoms with E-state index in [-0.39, 0.29) is 28.1 Å². The molecule has 3 amide bonds. The fourth-order valence-electron chi connectivity index (χ4n) is 4.14. The van der Waals surface area contributed by atoms with Gasteiger partial charge < -0.3 is 20.7 Å². The summed E-state index contributed by atoms with van der Waals surface area (Å²) in [6.07, 6.45) is -5.47. The number of urea groups is 1. The van der Waals surface area contributed by atoms with Crippen molar-refractivity contribution in [2.24, 2.45) is 0 Å². The SMILES string of the molecule is C[C@H](NC(=O)OC(C)(C)C)c1nc2cccc(F)c2c(=O)n1-c1cccc(NC(=O)Nc2ccccc2C(F)(F)F)c1. The molecule has 42 heavy (non-hydrogen) atoms. The number of aromatic nitrogens is 2. The van der Waals surface area contributed by atoms with Crippen LogP contribution in [0.5, 0.6) is 0 Å².